The van der Waals surface area contributed by atoms with Crippen molar-refractivity contribution in [2.45, 2.75) is 13.0 Å². The molecule has 0 atom stereocenters. The molecular weight excluding hydrogens is 256 g/mol. The summed E-state index contributed by atoms with van der Waals surface area (Å²) in [6.07, 6.45) is 2.60. The zero-order valence-corrected chi connectivity index (χ0v) is 10.6. The van der Waals surface area contributed by atoms with Crippen LogP contribution in [-0.4, -0.2) is 43.0 Å². The Kier molecular flexibility index (Phi) is 2.32. The van der Waals surface area contributed by atoms with Crippen molar-refractivity contribution in [3.63, 3.8) is 0 Å². The van der Waals surface area contributed by atoms with Gasteiger partial charge < -0.3 is 4.90 Å². The lowest BCUT2D eigenvalue weighted by atomic mass is 10.1. The summed E-state index contributed by atoms with van der Waals surface area (Å²) < 4.78 is 0. The Bertz CT molecular complexity index is 789. The van der Waals surface area contributed by atoms with E-state index in [4.69, 9.17) is 0 Å². The first kappa shape index (κ1) is 11.2. The van der Waals surface area contributed by atoms with Crippen LogP contribution in [0.2, 0.25) is 0 Å². The third-order valence-corrected chi connectivity index (χ3v) is 3.65. The van der Waals surface area contributed by atoms with E-state index in [0.29, 0.717) is 24.2 Å². The van der Waals surface area contributed by atoms with Gasteiger partial charge in [0.1, 0.15) is 11.0 Å². The quantitative estimate of drug-likeness (QED) is 0.685. The molecule has 7 nitrogen and oxygen atoms in total. The van der Waals surface area contributed by atoms with Crippen molar-refractivity contribution < 1.29 is 4.79 Å². The van der Waals surface area contributed by atoms with Gasteiger partial charge in [-0.3, -0.25) is 9.89 Å². The normalized spacial score (nSPS) is 14.5. The number of amides is 1. The molecule has 4 rings (SSSR count). The topological polar surface area (TPSA) is 90.6 Å². The largest absolute Gasteiger partial charge is 0.334 e. The highest BCUT2D eigenvalue weighted by Gasteiger charge is 2.23. The Morgan fingerprint density at radius 1 is 1.25 bits per heavy atom. The number of nitrogens with zero attached hydrogens (tertiary/aromatic N) is 4. The van der Waals surface area contributed by atoms with Crippen molar-refractivity contribution in [3.05, 3.63) is 41.2 Å². The maximum absolute atomic E-state index is 12.5. The minimum absolute atomic E-state index is 0.0155. The molecule has 0 fully saturated rings. The van der Waals surface area contributed by atoms with E-state index in [1.54, 1.807) is 24.4 Å². The van der Waals surface area contributed by atoms with E-state index >= 15 is 0 Å². The maximum Gasteiger partial charge on any atom is 0.254 e. The van der Waals surface area contributed by atoms with Crippen LogP contribution in [0.1, 0.15) is 21.6 Å². The molecule has 0 radical (unpaired) electrons. The van der Waals surface area contributed by atoms with Crippen molar-refractivity contribution in [2.24, 2.45) is 0 Å². The number of carbonyl (C=O) groups excluding carboxylic acids is 1. The van der Waals surface area contributed by atoms with Crippen LogP contribution in [0.4, 0.5) is 0 Å². The predicted molar refractivity (Wildman–Crippen MR) is 70.9 cm³/mol. The Balaban J connectivity index is 1.64. The zero-order valence-electron chi connectivity index (χ0n) is 10.6. The molecule has 0 aliphatic carbocycles. The van der Waals surface area contributed by atoms with Crippen molar-refractivity contribution in [1.82, 2.24) is 30.5 Å². The van der Waals surface area contributed by atoms with E-state index in [9.17, 15) is 4.79 Å². The van der Waals surface area contributed by atoms with Crippen LogP contribution < -0.4 is 0 Å². The molecule has 3 aromatic rings. The molecule has 1 aliphatic rings. The van der Waals surface area contributed by atoms with Crippen LogP contribution in [0.3, 0.4) is 0 Å². The fraction of sp³-hybridized carbons (Fsp3) is 0.231. The Morgan fingerprint density at radius 3 is 3.10 bits per heavy atom. The molecule has 20 heavy (non-hydrogen) atoms. The number of hydrogen-bond acceptors (Lipinski definition) is 4. The summed E-state index contributed by atoms with van der Waals surface area (Å²) in [5.74, 6) is 0.0155. The second kappa shape index (κ2) is 4.16. The first-order chi connectivity index (χ1) is 9.81. The van der Waals surface area contributed by atoms with Gasteiger partial charge in [0.2, 0.25) is 0 Å². The minimum Gasteiger partial charge on any atom is -0.334 e. The number of fused-ring (bicyclic) bond motifs is 2. The highest BCUT2D eigenvalue weighted by molar-refractivity contribution is 5.97. The van der Waals surface area contributed by atoms with Gasteiger partial charge in [0.25, 0.3) is 5.91 Å². The van der Waals surface area contributed by atoms with Crippen LogP contribution >= 0.6 is 0 Å². The third-order valence-electron chi connectivity index (χ3n) is 3.65. The van der Waals surface area contributed by atoms with Crippen molar-refractivity contribution >= 4 is 16.9 Å². The lowest BCUT2D eigenvalue weighted by Crippen LogP contribution is -2.35. The molecule has 1 aliphatic heterocycles. The number of benzene rings is 1. The number of rotatable bonds is 1. The maximum atomic E-state index is 12.5. The summed E-state index contributed by atoms with van der Waals surface area (Å²) in [7, 11) is 0. The summed E-state index contributed by atoms with van der Waals surface area (Å²) in [4.78, 5) is 14.4. The van der Waals surface area contributed by atoms with E-state index in [1.807, 2.05) is 4.90 Å². The van der Waals surface area contributed by atoms with E-state index < -0.39 is 0 Å². The van der Waals surface area contributed by atoms with Gasteiger partial charge in [-0.15, -0.1) is 0 Å². The zero-order chi connectivity index (χ0) is 13.5. The summed E-state index contributed by atoms with van der Waals surface area (Å²) in [5.41, 5.74) is 4.32. The first-order valence-electron chi connectivity index (χ1n) is 6.42. The van der Waals surface area contributed by atoms with Crippen molar-refractivity contribution in [2.75, 3.05) is 6.54 Å². The fourth-order valence-electron chi connectivity index (χ4n) is 2.55. The highest BCUT2D eigenvalue weighted by Crippen LogP contribution is 2.19. The second-order valence-electron chi connectivity index (χ2n) is 4.88. The molecule has 7 heteroatoms. The molecule has 2 aromatic heterocycles. The molecule has 0 saturated heterocycles. The number of nitrogens with one attached hydrogen (secondary N) is 2. The Morgan fingerprint density at radius 2 is 2.15 bits per heavy atom. The monoisotopic (exact) mass is 268 g/mol. The molecule has 1 aromatic carbocycles. The number of hydrogen-bond donors (Lipinski definition) is 2. The van der Waals surface area contributed by atoms with Gasteiger partial charge in [0, 0.05) is 36.3 Å². The van der Waals surface area contributed by atoms with Gasteiger partial charge in [0.05, 0.1) is 6.20 Å². The van der Waals surface area contributed by atoms with Crippen molar-refractivity contribution in [3.8, 4) is 0 Å². The molecule has 0 bridgehead atoms. The predicted octanol–water partition coefficient (Wildman–Crippen LogP) is 0.879. The highest BCUT2D eigenvalue weighted by atomic mass is 16.2. The average Bonchev–Trinajstić information content (AvgIpc) is 3.13. The average molecular weight is 268 g/mol. The summed E-state index contributed by atoms with van der Waals surface area (Å²) >= 11 is 0. The van der Waals surface area contributed by atoms with E-state index in [-0.39, 0.29) is 5.91 Å². The molecule has 0 unspecified atom stereocenters. The van der Waals surface area contributed by atoms with E-state index in [0.717, 1.165) is 23.2 Å². The molecule has 1 amide bonds. The minimum atomic E-state index is 0.0155. The van der Waals surface area contributed by atoms with Crippen LogP contribution in [0.15, 0.2) is 24.4 Å². The molecule has 0 spiro atoms. The van der Waals surface area contributed by atoms with Gasteiger partial charge in [-0.1, -0.05) is 0 Å². The van der Waals surface area contributed by atoms with Crippen LogP contribution in [0.25, 0.3) is 11.0 Å². The lowest BCUT2D eigenvalue weighted by Gasteiger charge is -2.26. The number of aromatic nitrogens is 5. The number of H-pyrrole nitrogens is 2. The second-order valence-corrected chi connectivity index (χ2v) is 4.88. The number of carbonyl (C=O) groups is 1. The van der Waals surface area contributed by atoms with Gasteiger partial charge in [-0.25, -0.2) is 0 Å². The third kappa shape index (κ3) is 1.67. The smallest absolute Gasteiger partial charge is 0.254 e. The van der Waals surface area contributed by atoms with Crippen LogP contribution in [-0.2, 0) is 13.0 Å². The molecule has 2 N–H and O–H groups in total. The van der Waals surface area contributed by atoms with Gasteiger partial charge in [-0.05, 0) is 18.2 Å². The Hall–Kier alpha value is -2.70. The first-order valence-corrected chi connectivity index (χ1v) is 6.42. The SMILES string of the molecule is O=C(c1ccc2n[nH]nc2c1)N1CCc2[nH]ncc2C1. The van der Waals surface area contributed by atoms with Crippen LogP contribution in [0.5, 0.6) is 0 Å². The van der Waals surface area contributed by atoms with E-state index in [1.165, 1.54) is 0 Å². The fourth-order valence-corrected chi connectivity index (χ4v) is 2.55. The van der Waals surface area contributed by atoms with Crippen molar-refractivity contribution in [1.29, 1.82) is 0 Å². The lowest BCUT2D eigenvalue weighted by molar-refractivity contribution is 0.0734. The number of aromatic amines is 2. The Labute approximate surface area is 114 Å². The van der Waals surface area contributed by atoms with Gasteiger partial charge in [0.15, 0.2) is 0 Å². The van der Waals surface area contributed by atoms with E-state index in [2.05, 4.69) is 25.6 Å². The van der Waals surface area contributed by atoms with Gasteiger partial charge in [-0.2, -0.15) is 20.5 Å². The van der Waals surface area contributed by atoms with Crippen LogP contribution in [0, 0.1) is 0 Å². The van der Waals surface area contributed by atoms with Gasteiger partial charge >= 0.3 is 0 Å². The summed E-state index contributed by atoms with van der Waals surface area (Å²) in [6.45, 7) is 1.30. The standard InChI is InChI=1S/C13H12N6O/c20-13(8-1-2-11-12(5-8)17-18-16-11)19-4-3-10-9(7-19)6-14-15-10/h1-2,5-6H,3-4,7H2,(H,14,15)(H,16,17,18). The molecule has 100 valence electrons. The summed E-state index contributed by atoms with van der Waals surface area (Å²) in [6, 6.07) is 5.36. The summed E-state index contributed by atoms with van der Waals surface area (Å²) in [5, 5.41) is 17.5. The molecular formula is C13H12N6O. The molecule has 3 heterocycles. The molecule has 0 saturated carbocycles.